The Morgan fingerprint density at radius 2 is 1.85 bits per heavy atom. The van der Waals surface area contributed by atoms with Crippen molar-refractivity contribution in [1.29, 1.82) is 0 Å². The molecule has 2 unspecified atom stereocenters. The van der Waals surface area contributed by atoms with Crippen LogP contribution in [-0.4, -0.2) is 30.9 Å². The lowest BCUT2D eigenvalue weighted by atomic mass is 10.2. The molecule has 2 aliphatic rings. The molecular formula is C8H15NO3S. The summed E-state index contributed by atoms with van der Waals surface area (Å²) in [6.45, 7) is 0. The first-order valence-electron chi connectivity index (χ1n) is 4.79. The number of hydrogen-bond acceptors (Lipinski definition) is 3. The van der Waals surface area contributed by atoms with Gasteiger partial charge in [0, 0.05) is 6.04 Å². The van der Waals surface area contributed by atoms with E-state index >= 15 is 0 Å². The average Bonchev–Trinajstić information content (AvgIpc) is 2.80. The van der Waals surface area contributed by atoms with Crippen LogP contribution in [0.25, 0.3) is 0 Å². The van der Waals surface area contributed by atoms with Gasteiger partial charge >= 0.3 is 0 Å². The van der Waals surface area contributed by atoms with Gasteiger partial charge in [0.25, 0.3) is 0 Å². The smallest absolute Gasteiger partial charge is 0.214 e. The first kappa shape index (κ1) is 9.43. The summed E-state index contributed by atoms with van der Waals surface area (Å²) >= 11 is 0. The molecule has 2 N–H and O–H groups in total. The minimum atomic E-state index is -3.11. The zero-order valence-electron chi connectivity index (χ0n) is 7.44. The normalized spacial score (nSPS) is 35.2. The standard InChI is InChI=1S/C8H15NO3S/c10-8-3-1-2-7(8)9-13(11,12)6-4-5-6/h6-10H,1-5H2. The number of aliphatic hydroxyl groups excluding tert-OH is 1. The SMILES string of the molecule is O=S(=O)(NC1CCCC1O)C1CC1. The predicted octanol–water partition coefficient (Wildman–Crippen LogP) is -0.0184. The summed E-state index contributed by atoms with van der Waals surface area (Å²) in [7, 11) is -3.11. The monoisotopic (exact) mass is 205 g/mol. The molecule has 2 fully saturated rings. The first-order chi connectivity index (χ1) is 6.09. The van der Waals surface area contributed by atoms with E-state index in [4.69, 9.17) is 0 Å². The molecular weight excluding hydrogens is 190 g/mol. The summed E-state index contributed by atoms with van der Waals surface area (Å²) in [6.07, 6.45) is 3.48. The van der Waals surface area contributed by atoms with Crippen LogP contribution >= 0.6 is 0 Å². The lowest BCUT2D eigenvalue weighted by Gasteiger charge is -2.15. The maximum atomic E-state index is 11.5. The molecule has 0 saturated heterocycles. The number of sulfonamides is 1. The van der Waals surface area contributed by atoms with E-state index in [9.17, 15) is 13.5 Å². The number of hydrogen-bond donors (Lipinski definition) is 2. The van der Waals surface area contributed by atoms with Crippen LogP contribution in [0, 0.1) is 0 Å². The van der Waals surface area contributed by atoms with Crippen LogP contribution in [0.4, 0.5) is 0 Å². The fourth-order valence-electron chi connectivity index (χ4n) is 1.76. The third-order valence-corrected chi connectivity index (χ3v) is 4.74. The van der Waals surface area contributed by atoms with Gasteiger partial charge < -0.3 is 5.11 Å². The molecule has 2 saturated carbocycles. The number of nitrogens with one attached hydrogen (secondary N) is 1. The third kappa shape index (κ3) is 2.03. The molecule has 76 valence electrons. The van der Waals surface area contributed by atoms with Crippen LogP contribution in [0.5, 0.6) is 0 Å². The van der Waals surface area contributed by atoms with Gasteiger partial charge in [-0.05, 0) is 32.1 Å². The molecule has 0 amide bonds. The number of rotatable bonds is 3. The van der Waals surface area contributed by atoms with Gasteiger partial charge in [-0.3, -0.25) is 0 Å². The van der Waals surface area contributed by atoms with Gasteiger partial charge in [0.1, 0.15) is 0 Å². The molecule has 4 nitrogen and oxygen atoms in total. The van der Waals surface area contributed by atoms with Gasteiger partial charge in [0.2, 0.25) is 10.0 Å². The summed E-state index contributed by atoms with van der Waals surface area (Å²) < 4.78 is 25.5. The summed E-state index contributed by atoms with van der Waals surface area (Å²) in [5.74, 6) is 0. The second-order valence-electron chi connectivity index (χ2n) is 3.97. The lowest BCUT2D eigenvalue weighted by Crippen LogP contribution is -2.41. The largest absolute Gasteiger partial charge is 0.391 e. The molecule has 0 aromatic heterocycles. The Bertz CT molecular complexity index is 284. The molecule has 0 aliphatic heterocycles. The maximum Gasteiger partial charge on any atom is 0.214 e. The van der Waals surface area contributed by atoms with Crippen molar-refractivity contribution >= 4 is 10.0 Å². The van der Waals surface area contributed by atoms with Crippen LogP contribution in [0.3, 0.4) is 0 Å². The van der Waals surface area contributed by atoms with Crippen LogP contribution in [-0.2, 0) is 10.0 Å². The van der Waals surface area contributed by atoms with Crippen LogP contribution in [0.15, 0.2) is 0 Å². The van der Waals surface area contributed by atoms with E-state index in [-0.39, 0.29) is 11.3 Å². The van der Waals surface area contributed by atoms with E-state index in [2.05, 4.69) is 4.72 Å². The van der Waals surface area contributed by atoms with E-state index in [0.717, 1.165) is 32.1 Å². The molecule has 5 heteroatoms. The quantitative estimate of drug-likeness (QED) is 0.680. The second-order valence-corrected chi connectivity index (χ2v) is 5.96. The summed E-state index contributed by atoms with van der Waals surface area (Å²) in [5, 5.41) is 9.25. The van der Waals surface area contributed by atoms with E-state index < -0.39 is 16.1 Å². The Morgan fingerprint density at radius 1 is 1.15 bits per heavy atom. The molecule has 0 aromatic rings. The highest BCUT2D eigenvalue weighted by Gasteiger charge is 2.39. The average molecular weight is 205 g/mol. The molecule has 2 atom stereocenters. The highest BCUT2D eigenvalue weighted by molar-refractivity contribution is 7.90. The first-order valence-corrected chi connectivity index (χ1v) is 6.33. The topological polar surface area (TPSA) is 66.4 Å². The Labute approximate surface area is 78.4 Å². The van der Waals surface area contributed by atoms with Crippen molar-refractivity contribution in [3.8, 4) is 0 Å². The predicted molar refractivity (Wildman–Crippen MR) is 48.7 cm³/mol. The van der Waals surface area contributed by atoms with Crippen LogP contribution < -0.4 is 4.72 Å². The molecule has 13 heavy (non-hydrogen) atoms. The lowest BCUT2D eigenvalue weighted by molar-refractivity contribution is 0.159. The van der Waals surface area contributed by atoms with Gasteiger partial charge in [0.15, 0.2) is 0 Å². The zero-order valence-corrected chi connectivity index (χ0v) is 8.26. The van der Waals surface area contributed by atoms with Crippen LogP contribution in [0.2, 0.25) is 0 Å². The van der Waals surface area contributed by atoms with Gasteiger partial charge in [-0.1, -0.05) is 0 Å². The second kappa shape index (κ2) is 3.22. The summed E-state index contributed by atoms with van der Waals surface area (Å²) in [4.78, 5) is 0. The van der Waals surface area contributed by atoms with Crippen molar-refractivity contribution in [2.75, 3.05) is 0 Å². The highest BCUT2D eigenvalue weighted by atomic mass is 32.2. The van der Waals surface area contributed by atoms with E-state index in [1.165, 1.54) is 0 Å². The zero-order chi connectivity index (χ0) is 9.47. The van der Waals surface area contributed by atoms with Crippen molar-refractivity contribution < 1.29 is 13.5 Å². The Kier molecular flexibility index (Phi) is 2.33. The van der Waals surface area contributed by atoms with Gasteiger partial charge in [-0.2, -0.15) is 0 Å². The number of aliphatic hydroxyl groups is 1. The fraction of sp³-hybridized carbons (Fsp3) is 1.00. The molecule has 0 heterocycles. The molecule has 0 radical (unpaired) electrons. The van der Waals surface area contributed by atoms with Gasteiger partial charge in [-0.25, -0.2) is 13.1 Å². The Morgan fingerprint density at radius 3 is 2.31 bits per heavy atom. The van der Waals surface area contributed by atoms with Crippen molar-refractivity contribution in [2.24, 2.45) is 0 Å². The minimum absolute atomic E-state index is 0.180. The maximum absolute atomic E-state index is 11.5. The third-order valence-electron chi connectivity index (χ3n) is 2.76. The van der Waals surface area contributed by atoms with Crippen LogP contribution in [0.1, 0.15) is 32.1 Å². The molecule has 0 aromatic carbocycles. The molecule has 2 aliphatic carbocycles. The summed E-state index contributed by atoms with van der Waals surface area (Å²) in [5.41, 5.74) is 0. The summed E-state index contributed by atoms with van der Waals surface area (Å²) in [6, 6.07) is -0.231. The van der Waals surface area contributed by atoms with Crippen molar-refractivity contribution in [2.45, 2.75) is 49.5 Å². The van der Waals surface area contributed by atoms with Gasteiger partial charge in [0.05, 0.1) is 11.4 Å². The highest BCUT2D eigenvalue weighted by Crippen LogP contribution is 2.29. The van der Waals surface area contributed by atoms with Gasteiger partial charge in [-0.15, -0.1) is 0 Å². The van der Waals surface area contributed by atoms with Crippen molar-refractivity contribution in [3.63, 3.8) is 0 Å². The van der Waals surface area contributed by atoms with E-state index in [0.29, 0.717) is 0 Å². The Balaban J connectivity index is 1.96. The molecule has 0 bridgehead atoms. The van der Waals surface area contributed by atoms with Crippen molar-refractivity contribution in [1.82, 2.24) is 4.72 Å². The molecule has 2 rings (SSSR count). The van der Waals surface area contributed by atoms with Crippen molar-refractivity contribution in [3.05, 3.63) is 0 Å². The fourth-order valence-corrected chi connectivity index (χ4v) is 3.41. The molecule has 0 spiro atoms. The van der Waals surface area contributed by atoms with E-state index in [1.807, 2.05) is 0 Å². The minimum Gasteiger partial charge on any atom is -0.391 e. The van der Waals surface area contributed by atoms with E-state index in [1.54, 1.807) is 0 Å². The Hall–Kier alpha value is -0.130.